The van der Waals surface area contributed by atoms with E-state index < -0.39 is 0 Å². The van der Waals surface area contributed by atoms with Crippen LogP contribution in [0.3, 0.4) is 0 Å². The average Bonchev–Trinajstić information content (AvgIpc) is 2.77. The number of ether oxygens (including phenoxy) is 1. The second kappa shape index (κ2) is 5.28. The van der Waals surface area contributed by atoms with Crippen LogP contribution >= 0.6 is 0 Å². The first-order chi connectivity index (χ1) is 7.85. The van der Waals surface area contributed by atoms with Crippen LogP contribution in [0.5, 0.6) is 0 Å². The monoisotopic (exact) mass is 217 g/mol. The molecule has 1 unspecified atom stereocenters. The number of hydrogen-bond acceptors (Lipinski definition) is 2. The van der Waals surface area contributed by atoms with Gasteiger partial charge in [-0.15, -0.1) is 6.58 Å². The van der Waals surface area contributed by atoms with Crippen LogP contribution < -0.4 is 5.32 Å². The van der Waals surface area contributed by atoms with Crippen LogP contribution in [0.1, 0.15) is 36.1 Å². The topological polar surface area (TPSA) is 21.3 Å². The van der Waals surface area contributed by atoms with Crippen LogP contribution in [-0.2, 0) is 18.0 Å². The van der Waals surface area contributed by atoms with Gasteiger partial charge >= 0.3 is 0 Å². The number of nitrogens with one attached hydrogen (secondary N) is 1. The first-order valence-electron chi connectivity index (χ1n) is 5.90. The Morgan fingerprint density at radius 3 is 3.00 bits per heavy atom. The van der Waals surface area contributed by atoms with Gasteiger partial charge in [0.1, 0.15) is 0 Å². The molecule has 2 nitrogen and oxygen atoms in total. The van der Waals surface area contributed by atoms with E-state index in [9.17, 15) is 0 Å². The molecular weight excluding hydrogens is 198 g/mol. The fourth-order valence-corrected chi connectivity index (χ4v) is 2.02. The van der Waals surface area contributed by atoms with Crippen LogP contribution in [0.15, 0.2) is 30.9 Å². The summed E-state index contributed by atoms with van der Waals surface area (Å²) in [5.74, 6) is 0. The Kier molecular flexibility index (Phi) is 3.75. The molecular formula is C14H19NO. The molecule has 1 aromatic rings. The van der Waals surface area contributed by atoms with Crippen molar-refractivity contribution in [2.24, 2.45) is 0 Å². The third kappa shape index (κ3) is 2.34. The van der Waals surface area contributed by atoms with Gasteiger partial charge < -0.3 is 10.1 Å². The molecule has 2 heteroatoms. The lowest BCUT2D eigenvalue weighted by molar-refractivity contribution is 0.134. The molecule has 0 aromatic heterocycles. The van der Waals surface area contributed by atoms with Gasteiger partial charge in [0.15, 0.2) is 0 Å². The summed E-state index contributed by atoms with van der Waals surface area (Å²) in [5, 5.41) is 3.47. The third-order valence-corrected chi connectivity index (χ3v) is 2.95. The van der Waals surface area contributed by atoms with Gasteiger partial charge in [-0.3, -0.25) is 0 Å². The Bertz CT molecular complexity index is 373. The van der Waals surface area contributed by atoms with Crippen LogP contribution in [0.25, 0.3) is 0 Å². The summed E-state index contributed by atoms with van der Waals surface area (Å²) >= 11 is 0. The molecule has 1 N–H and O–H groups in total. The van der Waals surface area contributed by atoms with Gasteiger partial charge in [0.2, 0.25) is 0 Å². The Labute approximate surface area is 97.3 Å². The Hall–Kier alpha value is -1.12. The van der Waals surface area contributed by atoms with Gasteiger partial charge in [0.25, 0.3) is 0 Å². The Morgan fingerprint density at radius 2 is 2.25 bits per heavy atom. The molecule has 1 heterocycles. The highest BCUT2D eigenvalue weighted by Gasteiger charge is 2.13. The second-order valence-corrected chi connectivity index (χ2v) is 4.19. The van der Waals surface area contributed by atoms with E-state index in [1.54, 1.807) is 0 Å². The zero-order valence-corrected chi connectivity index (χ0v) is 9.83. The van der Waals surface area contributed by atoms with Crippen LogP contribution in [0, 0.1) is 0 Å². The Morgan fingerprint density at radius 1 is 1.44 bits per heavy atom. The lowest BCUT2D eigenvalue weighted by Gasteiger charge is -2.15. The van der Waals surface area contributed by atoms with Crippen LogP contribution in [0.2, 0.25) is 0 Å². The number of rotatable bonds is 5. The summed E-state index contributed by atoms with van der Waals surface area (Å²) in [4.78, 5) is 0. The quantitative estimate of drug-likeness (QED) is 0.766. The van der Waals surface area contributed by atoms with Gasteiger partial charge in [-0.2, -0.15) is 0 Å². The first kappa shape index (κ1) is 11.4. The molecule has 2 rings (SSSR count). The highest BCUT2D eigenvalue weighted by molar-refractivity contribution is 5.35. The SMILES string of the molecule is C=CC(NCCC)c1ccc2c(c1)COC2. The highest BCUT2D eigenvalue weighted by atomic mass is 16.5. The highest BCUT2D eigenvalue weighted by Crippen LogP contribution is 2.24. The molecule has 0 fully saturated rings. The maximum atomic E-state index is 5.42. The molecule has 0 bridgehead atoms. The summed E-state index contributed by atoms with van der Waals surface area (Å²) in [5.41, 5.74) is 3.93. The summed E-state index contributed by atoms with van der Waals surface area (Å²) in [6, 6.07) is 6.83. The van der Waals surface area contributed by atoms with E-state index in [4.69, 9.17) is 4.74 Å². The van der Waals surface area contributed by atoms with Crippen molar-refractivity contribution in [1.29, 1.82) is 0 Å². The minimum atomic E-state index is 0.255. The lowest BCUT2D eigenvalue weighted by Crippen LogP contribution is -2.20. The van der Waals surface area contributed by atoms with E-state index in [1.807, 2.05) is 6.08 Å². The average molecular weight is 217 g/mol. The van der Waals surface area contributed by atoms with Crippen LogP contribution in [-0.4, -0.2) is 6.54 Å². The second-order valence-electron chi connectivity index (χ2n) is 4.19. The molecule has 0 saturated carbocycles. The molecule has 0 amide bonds. The van der Waals surface area contributed by atoms with Crippen molar-refractivity contribution in [3.8, 4) is 0 Å². The van der Waals surface area contributed by atoms with E-state index in [1.165, 1.54) is 16.7 Å². The minimum Gasteiger partial charge on any atom is -0.372 e. The fraction of sp³-hybridized carbons (Fsp3) is 0.429. The standard InChI is InChI=1S/C14H19NO/c1-3-7-15-14(4-2)11-5-6-12-9-16-10-13(12)8-11/h4-6,8,14-15H,2-3,7,9-10H2,1H3. The zero-order valence-electron chi connectivity index (χ0n) is 9.83. The summed E-state index contributed by atoms with van der Waals surface area (Å²) in [6.45, 7) is 8.59. The summed E-state index contributed by atoms with van der Waals surface area (Å²) in [7, 11) is 0. The van der Waals surface area contributed by atoms with E-state index >= 15 is 0 Å². The molecule has 16 heavy (non-hydrogen) atoms. The Balaban J connectivity index is 2.15. The number of hydrogen-bond donors (Lipinski definition) is 1. The van der Waals surface area contributed by atoms with Gasteiger partial charge in [-0.1, -0.05) is 31.2 Å². The van der Waals surface area contributed by atoms with Gasteiger partial charge in [-0.05, 0) is 29.7 Å². The molecule has 1 aromatic carbocycles. The van der Waals surface area contributed by atoms with E-state index in [-0.39, 0.29) is 6.04 Å². The normalized spacial score (nSPS) is 15.8. The number of fused-ring (bicyclic) bond motifs is 1. The predicted octanol–water partition coefficient (Wildman–Crippen LogP) is 2.94. The van der Waals surface area contributed by atoms with Gasteiger partial charge in [0.05, 0.1) is 19.3 Å². The molecule has 1 atom stereocenters. The van der Waals surface area contributed by atoms with Crippen molar-refractivity contribution in [3.05, 3.63) is 47.5 Å². The van der Waals surface area contributed by atoms with Crippen molar-refractivity contribution >= 4 is 0 Å². The van der Waals surface area contributed by atoms with Crippen molar-refractivity contribution in [1.82, 2.24) is 5.32 Å². The van der Waals surface area contributed by atoms with Crippen molar-refractivity contribution in [2.75, 3.05) is 6.54 Å². The largest absolute Gasteiger partial charge is 0.372 e. The molecule has 0 spiro atoms. The molecule has 0 aliphatic carbocycles. The van der Waals surface area contributed by atoms with E-state index in [2.05, 4.69) is 37.0 Å². The predicted molar refractivity (Wildman–Crippen MR) is 66.2 cm³/mol. The van der Waals surface area contributed by atoms with E-state index in [0.29, 0.717) is 0 Å². The summed E-state index contributed by atoms with van der Waals surface area (Å²) < 4.78 is 5.42. The molecule has 0 radical (unpaired) electrons. The molecule has 1 aliphatic heterocycles. The molecule has 86 valence electrons. The van der Waals surface area contributed by atoms with Crippen molar-refractivity contribution < 1.29 is 4.74 Å². The minimum absolute atomic E-state index is 0.255. The maximum Gasteiger partial charge on any atom is 0.0725 e. The fourth-order valence-electron chi connectivity index (χ4n) is 2.02. The van der Waals surface area contributed by atoms with E-state index in [0.717, 1.165) is 26.2 Å². The molecule has 1 aliphatic rings. The zero-order chi connectivity index (χ0) is 11.4. The van der Waals surface area contributed by atoms with Gasteiger partial charge in [0, 0.05) is 0 Å². The molecule has 0 saturated heterocycles. The van der Waals surface area contributed by atoms with Gasteiger partial charge in [-0.25, -0.2) is 0 Å². The number of benzene rings is 1. The smallest absolute Gasteiger partial charge is 0.0725 e. The van der Waals surface area contributed by atoms with Crippen LogP contribution in [0.4, 0.5) is 0 Å². The van der Waals surface area contributed by atoms with Crippen molar-refractivity contribution in [3.63, 3.8) is 0 Å². The van der Waals surface area contributed by atoms with Crippen molar-refractivity contribution in [2.45, 2.75) is 32.6 Å². The lowest BCUT2D eigenvalue weighted by atomic mass is 10.0. The third-order valence-electron chi connectivity index (χ3n) is 2.95. The summed E-state index contributed by atoms with van der Waals surface area (Å²) in [6.07, 6.45) is 3.10. The maximum absolute atomic E-state index is 5.42. The first-order valence-corrected chi connectivity index (χ1v) is 5.90.